The van der Waals surface area contributed by atoms with Crippen molar-refractivity contribution in [1.82, 2.24) is 30.4 Å². The summed E-state index contributed by atoms with van der Waals surface area (Å²) in [4.78, 5) is 74.4. The van der Waals surface area contributed by atoms with Gasteiger partial charge in [-0.1, -0.05) is 18.6 Å². The summed E-state index contributed by atoms with van der Waals surface area (Å²) in [6, 6.07) is 11.9. The first-order valence-corrected chi connectivity index (χ1v) is 16.5. The Hall–Kier alpha value is -5.14. The van der Waals surface area contributed by atoms with Crippen LogP contribution in [0, 0.1) is 0 Å². The van der Waals surface area contributed by atoms with E-state index >= 15 is 0 Å². The van der Waals surface area contributed by atoms with Gasteiger partial charge in [-0.3, -0.25) is 19.2 Å². The lowest BCUT2D eigenvalue weighted by molar-refractivity contribution is -0.144. The first-order valence-electron chi connectivity index (χ1n) is 16.5. The van der Waals surface area contributed by atoms with Gasteiger partial charge in [-0.05, 0) is 69.5 Å². The second-order valence-electron chi connectivity index (χ2n) is 13.1. The van der Waals surface area contributed by atoms with Crippen LogP contribution in [0.25, 0.3) is 11.0 Å². The van der Waals surface area contributed by atoms with Crippen LogP contribution in [0.1, 0.15) is 74.6 Å². The number of fused-ring (bicyclic) bond motifs is 2. The number of nitrogens with zero attached hydrogens (tertiary/aromatic N) is 3. The van der Waals surface area contributed by atoms with Crippen molar-refractivity contribution in [3.8, 4) is 0 Å². The zero-order valence-corrected chi connectivity index (χ0v) is 28.9. The fourth-order valence-corrected chi connectivity index (χ4v) is 5.44. The fraction of sp³-hybridized carbons (Fsp3) is 0.486. The van der Waals surface area contributed by atoms with Gasteiger partial charge in [-0.2, -0.15) is 0 Å². The summed E-state index contributed by atoms with van der Waals surface area (Å²) < 4.78 is 10.0. The number of methoxy groups -OCH3 is 1. The first-order chi connectivity index (χ1) is 23.3. The topological polar surface area (TPSA) is 175 Å². The molecule has 0 unspecified atom stereocenters. The predicted octanol–water partition coefficient (Wildman–Crippen LogP) is 3.72. The lowest BCUT2D eigenvalue weighted by Gasteiger charge is -2.24. The van der Waals surface area contributed by atoms with Crippen LogP contribution < -0.4 is 16.0 Å². The van der Waals surface area contributed by atoms with Crippen molar-refractivity contribution < 1.29 is 33.4 Å². The smallest absolute Gasteiger partial charge is 0.407 e. The second kappa shape index (κ2) is 16.8. The number of aromatic nitrogens is 2. The van der Waals surface area contributed by atoms with Gasteiger partial charge in [0.1, 0.15) is 17.5 Å². The SMILES string of the molecule is COC(=O)C[C@@H]1Nc2ccc(C(=O)N(C)Cc3nc4ccccc4[nH]3)cc2CN(CCNC(=O)CCCCCNC(=O)OC(C)(C)C)C1=O. The molecule has 264 valence electrons. The third-order valence-corrected chi connectivity index (χ3v) is 7.88. The van der Waals surface area contributed by atoms with Crippen LogP contribution >= 0.6 is 0 Å². The average molecular weight is 678 g/mol. The standard InChI is InChI=1S/C35H47N7O7/c1-35(2,3)49-34(47)37-16-10-6-7-13-30(43)36-17-18-42-21-24-19-23(14-15-25(24)38-28(33(42)46)20-31(44)48-5)32(45)41(4)22-29-39-26-11-8-9-12-27(26)40-29/h8-9,11-12,14-15,19,28,38H,6-7,10,13,16-18,20-22H2,1-5H3,(H,36,43)(H,37,47)(H,39,40)/t28-/m0/s1. The molecule has 4 amide bonds. The van der Waals surface area contributed by atoms with Gasteiger partial charge in [0.2, 0.25) is 11.8 Å². The lowest BCUT2D eigenvalue weighted by Crippen LogP contribution is -2.44. The number of aromatic amines is 1. The number of unbranched alkanes of at least 4 members (excludes halogenated alkanes) is 2. The zero-order valence-electron chi connectivity index (χ0n) is 28.9. The van der Waals surface area contributed by atoms with E-state index in [0.29, 0.717) is 48.4 Å². The molecule has 0 spiro atoms. The maximum absolute atomic E-state index is 13.6. The van der Waals surface area contributed by atoms with Crippen LogP contribution in [-0.2, 0) is 36.9 Å². The largest absolute Gasteiger partial charge is 0.469 e. The molecule has 0 bridgehead atoms. The van der Waals surface area contributed by atoms with Gasteiger partial charge in [-0.25, -0.2) is 9.78 Å². The molecule has 0 saturated carbocycles. The summed E-state index contributed by atoms with van der Waals surface area (Å²) >= 11 is 0. The second-order valence-corrected chi connectivity index (χ2v) is 13.1. The first kappa shape index (κ1) is 36.7. The molecule has 1 atom stereocenters. The molecule has 0 aliphatic carbocycles. The Kier molecular flexibility index (Phi) is 12.6. The minimum atomic E-state index is -0.879. The third-order valence-electron chi connectivity index (χ3n) is 7.88. The monoisotopic (exact) mass is 677 g/mol. The van der Waals surface area contributed by atoms with Crippen LogP contribution in [0.3, 0.4) is 0 Å². The normalized spacial score (nSPS) is 14.3. The summed E-state index contributed by atoms with van der Waals surface area (Å²) in [7, 11) is 2.97. The van der Waals surface area contributed by atoms with Gasteiger partial charge in [0, 0.05) is 50.9 Å². The molecule has 1 aromatic heterocycles. The number of rotatable bonds is 14. The van der Waals surface area contributed by atoms with Gasteiger partial charge in [0.15, 0.2) is 0 Å². The highest BCUT2D eigenvalue weighted by molar-refractivity contribution is 5.96. The molecular weight excluding hydrogens is 630 g/mol. The molecule has 49 heavy (non-hydrogen) atoms. The molecular formula is C35H47N7O7. The van der Waals surface area contributed by atoms with E-state index in [2.05, 4.69) is 25.9 Å². The molecule has 3 aromatic rings. The average Bonchev–Trinajstić information content (AvgIpc) is 3.41. The van der Waals surface area contributed by atoms with Crippen molar-refractivity contribution in [3.05, 3.63) is 59.4 Å². The lowest BCUT2D eigenvalue weighted by atomic mass is 10.1. The van der Waals surface area contributed by atoms with Gasteiger partial charge in [-0.15, -0.1) is 0 Å². The van der Waals surface area contributed by atoms with Crippen molar-refractivity contribution >= 4 is 46.5 Å². The van der Waals surface area contributed by atoms with E-state index in [1.807, 2.05) is 24.3 Å². The zero-order chi connectivity index (χ0) is 35.6. The van der Waals surface area contributed by atoms with Gasteiger partial charge >= 0.3 is 12.1 Å². The molecule has 0 fully saturated rings. The number of nitrogens with one attached hydrogen (secondary N) is 4. The minimum Gasteiger partial charge on any atom is -0.469 e. The summed E-state index contributed by atoms with van der Waals surface area (Å²) in [5.74, 6) is -0.559. The summed E-state index contributed by atoms with van der Waals surface area (Å²) in [5.41, 5.74) is 2.93. The highest BCUT2D eigenvalue weighted by Gasteiger charge is 2.31. The number of amides is 4. The maximum atomic E-state index is 13.6. The molecule has 4 rings (SSSR count). The number of para-hydroxylation sites is 2. The fourth-order valence-electron chi connectivity index (χ4n) is 5.44. The molecule has 14 nitrogen and oxygen atoms in total. The number of imidazole rings is 1. The van der Waals surface area contributed by atoms with Crippen LogP contribution in [0.4, 0.5) is 10.5 Å². The molecule has 2 aromatic carbocycles. The van der Waals surface area contributed by atoms with Crippen molar-refractivity contribution in [2.75, 3.05) is 39.1 Å². The predicted molar refractivity (Wildman–Crippen MR) is 184 cm³/mol. The van der Waals surface area contributed by atoms with Crippen molar-refractivity contribution in [3.63, 3.8) is 0 Å². The van der Waals surface area contributed by atoms with Crippen LogP contribution in [0.2, 0.25) is 0 Å². The number of benzene rings is 2. The molecule has 14 heteroatoms. The Morgan fingerprint density at radius 1 is 1.04 bits per heavy atom. The van der Waals surface area contributed by atoms with E-state index < -0.39 is 23.7 Å². The van der Waals surface area contributed by atoms with E-state index in [-0.39, 0.29) is 50.3 Å². The number of esters is 1. The quantitative estimate of drug-likeness (QED) is 0.146. The van der Waals surface area contributed by atoms with Crippen LogP contribution in [-0.4, -0.2) is 95.0 Å². The summed E-state index contributed by atoms with van der Waals surface area (Å²) in [6.07, 6.45) is 1.77. The molecule has 1 aliphatic rings. The van der Waals surface area contributed by atoms with Crippen molar-refractivity contribution in [2.24, 2.45) is 0 Å². The summed E-state index contributed by atoms with van der Waals surface area (Å²) in [6.45, 7) is 6.72. The molecule has 0 radical (unpaired) electrons. The van der Waals surface area contributed by atoms with Gasteiger partial charge in [0.25, 0.3) is 5.91 Å². The summed E-state index contributed by atoms with van der Waals surface area (Å²) in [5, 5.41) is 8.74. The van der Waals surface area contributed by atoms with Gasteiger partial charge < -0.3 is 40.2 Å². The number of H-pyrrole nitrogens is 1. The van der Waals surface area contributed by atoms with E-state index in [1.165, 1.54) is 7.11 Å². The Bertz CT molecular complexity index is 1620. The Balaban J connectivity index is 1.33. The number of anilines is 1. The third kappa shape index (κ3) is 10.9. The Morgan fingerprint density at radius 3 is 2.55 bits per heavy atom. The van der Waals surface area contributed by atoms with E-state index in [0.717, 1.165) is 17.5 Å². The van der Waals surface area contributed by atoms with E-state index in [9.17, 15) is 24.0 Å². The highest BCUT2D eigenvalue weighted by Crippen LogP contribution is 2.26. The Morgan fingerprint density at radius 2 is 1.82 bits per heavy atom. The van der Waals surface area contributed by atoms with E-state index in [1.54, 1.807) is 55.8 Å². The maximum Gasteiger partial charge on any atom is 0.407 e. The van der Waals surface area contributed by atoms with Crippen LogP contribution in [0.15, 0.2) is 42.5 Å². The molecule has 1 aliphatic heterocycles. The number of hydrogen-bond donors (Lipinski definition) is 4. The molecule has 4 N–H and O–H groups in total. The molecule has 2 heterocycles. The highest BCUT2D eigenvalue weighted by atomic mass is 16.6. The van der Waals surface area contributed by atoms with E-state index in [4.69, 9.17) is 9.47 Å². The van der Waals surface area contributed by atoms with Crippen molar-refractivity contribution in [2.45, 2.75) is 77.6 Å². The minimum absolute atomic E-state index is 0.146. The van der Waals surface area contributed by atoms with Crippen LogP contribution in [0.5, 0.6) is 0 Å². The van der Waals surface area contributed by atoms with Gasteiger partial charge in [0.05, 0.1) is 31.1 Å². The molecule has 0 saturated heterocycles. The van der Waals surface area contributed by atoms with Crippen molar-refractivity contribution in [1.29, 1.82) is 0 Å². The number of ether oxygens (including phenoxy) is 2. The number of hydrogen-bond acceptors (Lipinski definition) is 9. The Labute approximate surface area is 286 Å². The number of carbonyl (C=O) groups is 5. The number of carbonyl (C=O) groups excluding carboxylic acids is 5. The number of alkyl carbamates (subject to hydrolysis) is 1.